The summed E-state index contributed by atoms with van der Waals surface area (Å²) in [6.45, 7) is 7.88. The predicted molar refractivity (Wildman–Crippen MR) is 93.2 cm³/mol. The average Bonchev–Trinajstić information content (AvgIpc) is 3.18. The van der Waals surface area contributed by atoms with Crippen molar-refractivity contribution < 1.29 is 19.4 Å². The van der Waals surface area contributed by atoms with Crippen LogP contribution >= 0.6 is 0 Å². The molecule has 2 fully saturated rings. The SMILES string of the molecule is C=C(C)CC1N(c2ccccc2C)C(=O)C2C(C(=O)O)C3C=CC21O3. The number of carbonyl (C=O) groups is 2. The van der Waals surface area contributed by atoms with Crippen molar-refractivity contribution in [3.8, 4) is 0 Å². The molecule has 130 valence electrons. The number of anilines is 1. The molecule has 5 nitrogen and oxygen atoms in total. The first-order valence-electron chi connectivity index (χ1n) is 8.50. The second-order valence-electron chi connectivity index (χ2n) is 7.31. The zero-order chi connectivity index (χ0) is 17.9. The number of ether oxygens (including phenoxy) is 1. The quantitative estimate of drug-likeness (QED) is 0.857. The third kappa shape index (κ3) is 2.05. The van der Waals surface area contributed by atoms with Crippen LogP contribution in [0, 0.1) is 18.8 Å². The van der Waals surface area contributed by atoms with E-state index in [9.17, 15) is 14.7 Å². The van der Waals surface area contributed by atoms with Crippen LogP contribution in [0.3, 0.4) is 0 Å². The fourth-order valence-electron chi connectivity index (χ4n) is 4.63. The average molecular weight is 339 g/mol. The van der Waals surface area contributed by atoms with Crippen LogP contribution in [-0.2, 0) is 14.3 Å². The first-order chi connectivity index (χ1) is 11.9. The van der Waals surface area contributed by atoms with Crippen LogP contribution in [0.25, 0.3) is 0 Å². The normalized spacial score (nSPS) is 35.3. The lowest BCUT2D eigenvalue weighted by atomic mass is 9.74. The van der Waals surface area contributed by atoms with Gasteiger partial charge in [-0.25, -0.2) is 0 Å². The zero-order valence-corrected chi connectivity index (χ0v) is 14.3. The molecular formula is C20H21NO4. The Labute approximate surface area is 146 Å². The van der Waals surface area contributed by atoms with Crippen molar-refractivity contribution in [3.05, 3.63) is 54.1 Å². The molecule has 5 atom stereocenters. The number of hydrogen-bond acceptors (Lipinski definition) is 3. The Morgan fingerprint density at radius 3 is 2.76 bits per heavy atom. The van der Waals surface area contributed by atoms with Crippen LogP contribution < -0.4 is 4.90 Å². The summed E-state index contributed by atoms with van der Waals surface area (Å²) in [5, 5.41) is 9.67. The molecule has 0 radical (unpaired) electrons. The first kappa shape index (κ1) is 16.1. The lowest BCUT2D eigenvalue weighted by Gasteiger charge is -2.34. The number of aryl methyl sites for hydroxylation is 1. The summed E-state index contributed by atoms with van der Waals surface area (Å²) in [5.41, 5.74) is 1.84. The van der Waals surface area contributed by atoms with E-state index in [0.29, 0.717) is 6.42 Å². The van der Waals surface area contributed by atoms with E-state index in [-0.39, 0.29) is 11.9 Å². The number of nitrogens with zero attached hydrogens (tertiary/aromatic N) is 1. The first-order valence-corrected chi connectivity index (χ1v) is 8.50. The summed E-state index contributed by atoms with van der Waals surface area (Å²) in [5.74, 6) is -2.67. The van der Waals surface area contributed by atoms with Crippen molar-refractivity contribution in [2.24, 2.45) is 11.8 Å². The number of para-hydroxylation sites is 1. The molecule has 1 aromatic carbocycles. The van der Waals surface area contributed by atoms with Crippen molar-refractivity contribution >= 4 is 17.6 Å². The van der Waals surface area contributed by atoms with Gasteiger partial charge in [0, 0.05) is 5.69 Å². The topological polar surface area (TPSA) is 66.8 Å². The van der Waals surface area contributed by atoms with Crippen LogP contribution in [0.15, 0.2) is 48.6 Å². The monoisotopic (exact) mass is 339 g/mol. The lowest BCUT2D eigenvalue weighted by Crippen LogP contribution is -2.45. The maximum Gasteiger partial charge on any atom is 0.310 e. The Kier molecular flexibility index (Phi) is 3.41. The lowest BCUT2D eigenvalue weighted by molar-refractivity contribution is -0.146. The van der Waals surface area contributed by atoms with E-state index >= 15 is 0 Å². The Bertz CT molecular complexity index is 814. The third-order valence-electron chi connectivity index (χ3n) is 5.62. The van der Waals surface area contributed by atoms with Gasteiger partial charge in [0.1, 0.15) is 11.5 Å². The van der Waals surface area contributed by atoms with Gasteiger partial charge in [0.15, 0.2) is 0 Å². The van der Waals surface area contributed by atoms with Gasteiger partial charge in [-0.3, -0.25) is 9.59 Å². The standard InChI is InChI=1S/C20H21NO4/c1-11(2)10-15-20-9-8-14(25-20)16(19(23)24)17(20)18(22)21(15)13-7-5-4-6-12(13)3/h4-9,14-17H,1,10H2,2-3H3,(H,23,24). The van der Waals surface area contributed by atoms with Gasteiger partial charge in [0.05, 0.1) is 18.1 Å². The molecule has 0 saturated carbocycles. The smallest absolute Gasteiger partial charge is 0.310 e. The molecule has 5 unspecified atom stereocenters. The van der Waals surface area contributed by atoms with E-state index in [4.69, 9.17) is 4.74 Å². The number of rotatable bonds is 4. The molecule has 2 saturated heterocycles. The molecule has 0 aliphatic carbocycles. The number of amides is 1. The van der Waals surface area contributed by atoms with Crippen molar-refractivity contribution in [2.75, 3.05) is 4.90 Å². The second kappa shape index (κ2) is 5.30. The van der Waals surface area contributed by atoms with E-state index in [2.05, 4.69) is 6.58 Å². The van der Waals surface area contributed by atoms with Crippen LogP contribution in [0.5, 0.6) is 0 Å². The Morgan fingerprint density at radius 2 is 2.12 bits per heavy atom. The summed E-state index contributed by atoms with van der Waals surface area (Å²) in [6.07, 6.45) is 3.75. The maximum absolute atomic E-state index is 13.4. The number of hydrogen-bond donors (Lipinski definition) is 1. The number of carboxylic acids is 1. The van der Waals surface area contributed by atoms with Gasteiger partial charge >= 0.3 is 5.97 Å². The van der Waals surface area contributed by atoms with Crippen molar-refractivity contribution in [3.63, 3.8) is 0 Å². The number of carbonyl (C=O) groups excluding carboxylic acids is 1. The number of fused-ring (bicyclic) bond motifs is 1. The minimum Gasteiger partial charge on any atom is -0.481 e. The minimum atomic E-state index is -0.977. The van der Waals surface area contributed by atoms with Crippen LogP contribution in [0.1, 0.15) is 18.9 Å². The van der Waals surface area contributed by atoms with Gasteiger partial charge in [-0.1, -0.05) is 35.9 Å². The van der Waals surface area contributed by atoms with Crippen LogP contribution in [0.2, 0.25) is 0 Å². The highest BCUT2D eigenvalue weighted by atomic mass is 16.5. The molecule has 1 N–H and O–H groups in total. The Hall–Kier alpha value is -2.40. The van der Waals surface area contributed by atoms with Crippen LogP contribution in [0.4, 0.5) is 5.69 Å². The summed E-state index contributed by atoms with van der Waals surface area (Å²) >= 11 is 0. The summed E-state index contributed by atoms with van der Waals surface area (Å²) in [6, 6.07) is 7.39. The molecule has 2 bridgehead atoms. The fourth-order valence-corrected chi connectivity index (χ4v) is 4.63. The molecule has 25 heavy (non-hydrogen) atoms. The molecule has 1 amide bonds. The largest absolute Gasteiger partial charge is 0.481 e. The Morgan fingerprint density at radius 1 is 1.40 bits per heavy atom. The van der Waals surface area contributed by atoms with Crippen molar-refractivity contribution in [2.45, 2.75) is 38.0 Å². The van der Waals surface area contributed by atoms with Crippen molar-refractivity contribution in [1.29, 1.82) is 0 Å². The van der Waals surface area contributed by atoms with Gasteiger partial charge in [-0.15, -0.1) is 6.58 Å². The molecule has 3 heterocycles. The third-order valence-corrected chi connectivity index (χ3v) is 5.62. The molecule has 3 aliphatic heterocycles. The molecule has 1 spiro atoms. The molecular weight excluding hydrogens is 318 g/mol. The van der Waals surface area contributed by atoms with E-state index in [1.54, 1.807) is 11.0 Å². The van der Waals surface area contributed by atoms with E-state index < -0.39 is 29.5 Å². The zero-order valence-electron chi connectivity index (χ0n) is 14.3. The second-order valence-corrected chi connectivity index (χ2v) is 7.31. The number of carboxylic acid groups (broad SMARTS) is 1. The highest BCUT2D eigenvalue weighted by Crippen LogP contribution is 2.57. The molecule has 0 aromatic heterocycles. The number of benzene rings is 1. The van der Waals surface area contributed by atoms with E-state index in [0.717, 1.165) is 16.8 Å². The van der Waals surface area contributed by atoms with E-state index in [1.807, 2.05) is 44.2 Å². The van der Waals surface area contributed by atoms with Gasteiger partial charge < -0.3 is 14.7 Å². The summed E-state index contributed by atoms with van der Waals surface area (Å²) in [4.78, 5) is 26.9. The van der Waals surface area contributed by atoms with Crippen molar-refractivity contribution in [1.82, 2.24) is 0 Å². The minimum absolute atomic E-state index is 0.167. The highest BCUT2D eigenvalue weighted by molar-refractivity contribution is 6.03. The molecule has 1 aromatic rings. The summed E-state index contributed by atoms with van der Waals surface area (Å²) in [7, 11) is 0. The van der Waals surface area contributed by atoms with Gasteiger partial charge in [-0.2, -0.15) is 0 Å². The van der Waals surface area contributed by atoms with E-state index in [1.165, 1.54) is 0 Å². The molecule has 5 heteroatoms. The fraction of sp³-hybridized carbons (Fsp3) is 0.400. The highest BCUT2D eigenvalue weighted by Gasteiger charge is 2.71. The Balaban J connectivity index is 1.87. The van der Waals surface area contributed by atoms with Gasteiger partial charge in [0.2, 0.25) is 5.91 Å². The number of aliphatic carboxylic acids is 1. The van der Waals surface area contributed by atoms with Gasteiger partial charge in [-0.05, 0) is 31.9 Å². The van der Waals surface area contributed by atoms with Gasteiger partial charge in [0.25, 0.3) is 0 Å². The molecule has 3 aliphatic rings. The predicted octanol–water partition coefficient (Wildman–Crippen LogP) is 2.70. The maximum atomic E-state index is 13.4. The molecule has 4 rings (SSSR count). The van der Waals surface area contributed by atoms with Crippen LogP contribution in [-0.4, -0.2) is 34.7 Å². The summed E-state index contributed by atoms with van der Waals surface area (Å²) < 4.78 is 6.14.